The van der Waals surface area contributed by atoms with Gasteiger partial charge in [-0.25, -0.2) is 0 Å². The minimum Gasteiger partial charge on any atom is -0.313 e. The minimum atomic E-state index is 0.471. The van der Waals surface area contributed by atoms with E-state index >= 15 is 0 Å². The molecule has 1 aliphatic carbocycles. The van der Waals surface area contributed by atoms with Crippen LogP contribution in [0.4, 0.5) is 0 Å². The molecule has 0 aromatic rings. The molecule has 1 aliphatic rings. The second-order valence-corrected chi connectivity index (χ2v) is 7.31. The molecule has 0 aromatic carbocycles. The van der Waals surface area contributed by atoms with Crippen molar-refractivity contribution < 1.29 is 0 Å². The first-order valence-corrected chi connectivity index (χ1v) is 7.43. The topological polar surface area (TPSA) is 12.0 Å². The largest absolute Gasteiger partial charge is 0.313 e. The lowest BCUT2D eigenvalue weighted by atomic mass is 9.92. The molecule has 1 nitrogen and oxygen atoms in total. The zero-order valence-electron chi connectivity index (χ0n) is 10.8. The summed E-state index contributed by atoms with van der Waals surface area (Å²) in [7, 11) is 0. The third-order valence-corrected chi connectivity index (χ3v) is 4.44. The maximum atomic E-state index is 3.75. The van der Waals surface area contributed by atoms with Gasteiger partial charge >= 0.3 is 0 Å². The molecular formula is C13H27NS. The van der Waals surface area contributed by atoms with Crippen LogP contribution in [0.5, 0.6) is 0 Å². The van der Waals surface area contributed by atoms with E-state index in [1.54, 1.807) is 0 Å². The zero-order chi connectivity index (χ0) is 11.3. The van der Waals surface area contributed by atoms with Gasteiger partial charge in [0, 0.05) is 11.3 Å². The van der Waals surface area contributed by atoms with Crippen molar-refractivity contribution in [3.8, 4) is 0 Å². The molecule has 0 aliphatic heterocycles. The van der Waals surface area contributed by atoms with Gasteiger partial charge < -0.3 is 5.32 Å². The first-order valence-electron chi connectivity index (χ1n) is 6.38. The Hall–Kier alpha value is 0.310. The molecule has 1 fully saturated rings. The van der Waals surface area contributed by atoms with Crippen LogP contribution in [-0.4, -0.2) is 23.6 Å². The minimum absolute atomic E-state index is 0.471. The van der Waals surface area contributed by atoms with Crippen LogP contribution in [0.2, 0.25) is 0 Å². The third kappa shape index (κ3) is 5.26. The maximum Gasteiger partial charge on any atom is 0.0201 e. The molecule has 2 heteroatoms. The second-order valence-electron chi connectivity index (χ2n) is 5.80. The Labute approximate surface area is 99.8 Å². The summed E-state index contributed by atoms with van der Waals surface area (Å²) in [6.45, 7) is 10.4. The highest BCUT2D eigenvalue weighted by molar-refractivity contribution is 7.99. The highest BCUT2D eigenvalue weighted by Gasteiger charge is 2.26. The van der Waals surface area contributed by atoms with Crippen molar-refractivity contribution in [3.05, 3.63) is 0 Å². The van der Waals surface area contributed by atoms with Gasteiger partial charge in [-0.3, -0.25) is 0 Å². The fourth-order valence-electron chi connectivity index (χ4n) is 2.21. The molecule has 1 rings (SSSR count). The van der Waals surface area contributed by atoms with E-state index in [1.165, 1.54) is 38.0 Å². The third-order valence-electron chi connectivity index (χ3n) is 3.11. The fourth-order valence-corrected chi connectivity index (χ4v) is 3.43. The van der Waals surface area contributed by atoms with E-state index in [2.05, 4.69) is 44.8 Å². The predicted octanol–water partition coefficient (Wildman–Crippen LogP) is 3.69. The Balaban J connectivity index is 2.20. The van der Waals surface area contributed by atoms with Crippen LogP contribution in [0.1, 0.15) is 53.4 Å². The molecule has 0 saturated heterocycles. The van der Waals surface area contributed by atoms with Crippen molar-refractivity contribution in [2.45, 2.75) is 64.7 Å². The van der Waals surface area contributed by atoms with Gasteiger partial charge in [-0.2, -0.15) is 11.8 Å². The molecule has 0 aromatic heterocycles. The number of nitrogens with one attached hydrogen (secondary N) is 1. The highest BCUT2D eigenvalue weighted by atomic mass is 32.2. The Morgan fingerprint density at radius 2 is 2.00 bits per heavy atom. The summed E-state index contributed by atoms with van der Waals surface area (Å²) in [6.07, 6.45) is 5.52. The fraction of sp³-hybridized carbons (Fsp3) is 1.00. The molecule has 1 N–H and O–H groups in total. The zero-order valence-corrected chi connectivity index (χ0v) is 11.6. The van der Waals surface area contributed by atoms with Crippen LogP contribution in [0, 0.1) is 5.41 Å². The Kier molecular flexibility index (Phi) is 5.48. The van der Waals surface area contributed by atoms with E-state index in [-0.39, 0.29) is 0 Å². The van der Waals surface area contributed by atoms with Crippen molar-refractivity contribution in [1.82, 2.24) is 5.32 Å². The predicted molar refractivity (Wildman–Crippen MR) is 71.6 cm³/mol. The normalized spacial score (nSPS) is 27.2. The summed E-state index contributed by atoms with van der Waals surface area (Å²) in [5.74, 6) is 1.27. The van der Waals surface area contributed by atoms with E-state index in [4.69, 9.17) is 0 Å². The van der Waals surface area contributed by atoms with E-state index in [0.29, 0.717) is 5.41 Å². The maximum absolute atomic E-state index is 3.75. The van der Waals surface area contributed by atoms with Crippen LogP contribution >= 0.6 is 11.8 Å². The molecular weight excluding hydrogens is 202 g/mol. The van der Waals surface area contributed by atoms with Gasteiger partial charge in [0.2, 0.25) is 0 Å². The molecule has 15 heavy (non-hydrogen) atoms. The van der Waals surface area contributed by atoms with Gasteiger partial charge in [0.1, 0.15) is 0 Å². The Morgan fingerprint density at radius 3 is 2.60 bits per heavy atom. The smallest absolute Gasteiger partial charge is 0.0201 e. The molecule has 2 unspecified atom stereocenters. The molecule has 0 bridgehead atoms. The Morgan fingerprint density at radius 1 is 1.27 bits per heavy atom. The van der Waals surface area contributed by atoms with Crippen LogP contribution in [0.15, 0.2) is 0 Å². The first-order chi connectivity index (χ1) is 7.03. The van der Waals surface area contributed by atoms with Crippen LogP contribution in [-0.2, 0) is 0 Å². The average molecular weight is 229 g/mol. The number of thioether (sulfide) groups is 1. The van der Waals surface area contributed by atoms with Gasteiger partial charge in [-0.15, -0.1) is 0 Å². The first kappa shape index (κ1) is 13.4. The monoisotopic (exact) mass is 229 g/mol. The van der Waals surface area contributed by atoms with Gasteiger partial charge in [-0.1, -0.05) is 34.1 Å². The quantitative estimate of drug-likeness (QED) is 0.772. The number of rotatable bonds is 5. The number of hydrogen-bond donors (Lipinski definition) is 1. The lowest BCUT2D eigenvalue weighted by Crippen LogP contribution is -2.36. The SMILES string of the molecule is CCSC1CCCC1NCCC(C)(C)C. The molecule has 2 atom stereocenters. The summed E-state index contributed by atoms with van der Waals surface area (Å²) in [5, 5.41) is 4.64. The van der Waals surface area contributed by atoms with Crippen molar-refractivity contribution in [3.63, 3.8) is 0 Å². The van der Waals surface area contributed by atoms with Crippen LogP contribution in [0.25, 0.3) is 0 Å². The Bertz CT molecular complexity index is 174. The van der Waals surface area contributed by atoms with E-state index < -0.39 is 0 Å². The van der Waals surface area contributed by atoms with Gasteiger partial charge in [0.15, 0.2) is 0 Å². The van der Waals surface area contributed by atoms with Gasteiger partial charge in [0.05, 0.1) is 0 Å². The summed E-state index contributed by atoms with van der Waals surface area (Å²) >= 11 is 2.14. The van der Waals surface area contributed by atoms with Gasteiger partial charge in [-0.05, 0) is 37.0 Å². The van der Waals surface area contributed by atoms with E-state index in [9.17, 15) is 0 Å². The molecule has 0 radical (unpaired) electrons. The summed E-state index contributed by atoms with van der Waals surface area (Å²) in [6, 6.07) is 0.789. The highest BCUT2D eigenvalue weighted by Crippen LogP contribution is 2.30. The van der Waals surface area contributed by atoms with Crippen LogP contribution in [0.3, 0.4) is 0 Å². The summed E-state index contributed by atoms with van der Waals surface area (Å²) in [5.41, 5.74) is 0.471. The summed E-state index contributed by atoms with van der Waals surface area (Å²) < 4.78 is 0. The molecule has 90 valence electrons. The molecule has 1 saturated carbocycles. The van der Waals surface area contributed by atoms with E-state index in [1.807, 2.05) is 0 Å². The molecule has 0 heterocycles. The molecule has 0 spiro atoms. The van der Waals surface area contributed by atoms with Crippen molar-refractivity contribution in [2.24, 2.45) is 5.41 Å². The van der Waals surface area contributed by atoms with Crippen molar-refractivity contribution >= 4 is 11.8 Å². The second kappa shape index (κ2) is 6.15. The van der Waals surface area contributed by atoms with Crippen molar-refractivity contribution in [2.75, 3.05) is 12.3 Å². The lowest BCUT2D eigenvalue weighted by molar-refractivity contribution is 0.355. The standard InChI is InChI=1S/C13H27NS/c1-5-15-12-8-6-7-11(12)14-10-9-13(2,3)4/h11-12,14H,5-10H2,1-4H3. The molecule has 0 amide bonds. The number of hydrogen-bond acceptors (Lipinski definition) is 2. The van der Waals surface area contributed by atoms with E-state index in [0.717, 1.165) is 11.3 Å². The van der Waals surface area contributed by atoms with Crippen molar-refractivity contribution in [1.29, 1.82) is 0 Å². The van der Waals surface area contributed by atoms with Crippen LogP contribution < -0.4 is 5.32 Å². The lowest BCUT2D eigenvalue weighted by Gasteiger charge is -2.23. The van der Waals surface area contributed by atoms with Gasteiger partial charge in [0.25, 0.3) is 0 Å². The summed E-state index contributed by atoms with van der Waals surface area (Å²) in [4.78, 5) is 0. The average Bonchev–Trinajstić information content (AvgIpc) is 2.51.